The van der Waals surface area contributed by atoms with Crippen LogP contribution >= 0.6 is 0 Å². The van der Waals surface area contributed by atoms with Crippen molar-refractivity contribution in [2.75, 3.05) is 5.73 Å². The van der Waals surface area contributed by atoms with Crippen LogP contribution in [0.3, 0.4) is 0 Å². The first-order valence-electron chi connectivity index (χ1n) is 11.2. The molecule has 0 aliphatic heterocycles. The van der Waals surface area contributed by atoms with Gasteiger partial charge in [-0.1, -0.05) is 6.04 Å². The fourth-order valence-electron chi connectivity index (χ4n) is 2.29. The maximum absolute atomic E-state index is 13.5. The Morgan fingerprint density at radius 1 is 1.45 bits per heavy atom. The molecule has 1 unspecified atom stereocenters. The topological polar surface area (TPSA) is 95.0 Å². The molecule has 0 amide bonds. The first-order valence-corrected chi connectivity index (χ1v) is 6.23. The van der Waals surface area contributed by atoms with Gasteiger partial charge in [-0.25, -0.2) is 4.98 Å². The third-order valence-corrected chi connectivity index (χ3v) is 3.49. The van der Waals surface area contributed by atoms with Gasteiger partial charge in [-0.3, -0.25) is 19.0 Å². The Balaban J connectivity index is 2.64. The molecule has 1 atom stereocenters. The lowest BCUT2D eigenvalue weighted by Crippen LogP contribution is -2.49. The molecule has 0 radical (unpaired) electrons. The van der Waals surface area contributed by atoms with E-state index in [-0.39, 0.29) is 4.57 Å². The van der Waals surface area contributed by atoms with Crippen LogP contribution in [0, 0.1) is 6.85 Å². The van der Waals surface area contributed by atoms with Gasteiger partial charge < -0.3 is 5.73 Å². The highest BCUT2D eigenvalue weighted by Gasteiger charge is 2.41. The molecule has 0 bridgehead atoms. The van der Waals surface area contributed by atoms with Gasteiger partial charge in [0.25, 0.3) is 5.56 Å². The summed E-state index contributed by atoms with van der Waals surface area (Å²) in [7, 11) is 0. The lowest BCUT2D eigenvalue weighted by atomic mass is 9.81. The Labute approximate surface area is 141 Å². The second kappa shape index (κ2) is 4.76. The van der Waals surface area contributed by atoms with Gasteiger partial charge in [0.15, 0.2) is 5.78 Å². The number of anilines is 1. The predicted molar refractivity (Wildman–Crippen MR) is 82.7 cm³/mol. The Bertz CT molecular complexity index is 1270. The van der Waals surface area contributed by atoms with Crippen LogP contribution in [0.25, 0.3) is 10.9 Å². The number of hydrogen-bond donors (Lipinski definition) is 1. The van der Waals surface area contributed by atoms with Crippen LogP contribution in [0.15, 0.2) is 22.9 Å². The Kier molecular flexibility index (Phi) is 1.46. The number of ketones is 2. The monoisotopic (exact) mass is 309 g/mol. The van der Waals surface area contributed by atoms with Crippen molar-refractivity contribution in [2.24, 2.45) is 0 Å². The SMILES string of the molecule is [2H]c1c([2H])c(N)c2c(=O)n(C3(C)C(=O)CC(=O)C([2H])([2H])C3([2H])[2H])c(C([2H])([2H])[2H])nc2c1[2H]. The lowest BCUT2D eigenvalue weighted by molar-refractivity contribution is -0.136. The molecule has 1 aliphatic carbocycles. The smallest absolute Gasteiger partial charge is 0.264 e. The molecule has 6 heteroatoms. The average Bonchev–Trinajstić information content (AvgIpc) is 2.67. The number of benzene rings is 1. The summed E-state index contributed by atoms with van der Waals surface area (Å²) in [6.45, 7) is -2.47. The molecule has 0 saturated heterocycles. The van der Waals surface area contributed by atoms with Gasteiger partial charge in [0, 0.05) is 21.7 Å². The normalized spacial score (nSPS) is 34.0. The maximum atomic E-state index is 13.5. The zero-order chi connectivity index (χ0) is 24.8. The Morgan fingerprint density at radius 3 is 2.95 bits per heavy atom. The van der Waals surface area contributed by atoms with Crippen molar-refractivity contribution in [1.82, 2.24) is 9.55 Å². The van der Waals surface area contributed by atoms with Crippen LogP contribution in [0.5, 0.6) is 0 Å². The predicted octanol–water partition coefficient (Wildman–Crippen LogP) is 1.32. The number of nitrogen functional groups attached to an aromatic ring is 1. The highest BCUT2D eigenvalue weighted by molar-refractivity contribution is 6.05. The maximum Gasteiger partial charge on any atom is 0.264 e. The number of nitrogens with zero attached hydrogens (tertiary/aromatic N) is 2. The van der Waals surface area contributed by atoms with Gasteiger partial charge >= 0.3 is 0 Å². The van der Waals surface area contributed by atoms with E-state index in [0.717, 1.165) is 6.92 Å². The average molecular weight is 309 g/mol. The van der Waals surface area contributed by atoms with E-state index in [1.807, 2.05) is 0 Å². The summed E-state index contributed by atoms with van der Waals surface area (Å²) in [6.07, 6.45) is -7.78. The van der Waals surface area contributed by atoms with Gasteiger partial charge in [-0.05, 0) is 32.2 Å². The summed E-state index contributed by atoms with van der Waals surface area (Å²) in [4.78, 5) is 42.3. The van der Waals surface area contributed by atoms with E-state index >= 15 is 0 Å². The molecule has 1 aromatic heterocycles. The van der Waals surface area contributed by atoms with Gasteiger partial charge in [0.1, 0.15) is 17.1 Å². The quantitative estimate of drug-likeness (QED) is 0.633. The van der Waals surface area contributed by atoms with Gasteiger partial charge in [0.2, 0.25) is 0 Å². The van der Waals surface area contributed by atoms with Crippen molar-refractivity contribution < 1.29 is 23.3 Å². The standard InChI is InChI=1S/C16H17N3O3/c1-9-18-12-5-3-4-11(17)14(12)15(22)19(9)16(2)7-6-10(20)8-13(16)21/h3-5H,6-8,17H2,1-2H3/i1D3,3D,4D,5D,6D2,7D2. The molecule has 1 saturated carbocycles. The molecule has 1 aromatic carbocycles. The zero-order valence-corrected chi connectivity index (χ0v) is 11.4. The van der Waals surface area contributed by atoms with Crippen molar-refractivity contribution in [3.8, 4) is 0 Å². The number of nitrogens with two attached hydrogens (primary N) is 1. The van der Waals surface area contributed by atoms with Crippen molar-refractivity contribution in [1.29, 1.82) is 0 Å². The third kappa shape index (κ3) is 1.94. The summed E-state index contributed by atoms with van der Waals surface area (Å²) in [5, 5.41) is -0.689. The van der Waals surface area contributed by atoms with E-state index in [9.17, 15) is 14.4 Å². The number of aryl methyl sites for hydroxylation is 1. The number of fused-ring (bicyclic) bond motifs is 1. The number of aromatic nitrogens is 2. The van der Waals surface area contributed by atoms with Crippen molar-refractivity contribution in [3.63, 3.8) is 0 Å². The number of Topliss-reactive ketones (excluding diaryl/α,β-unsaturated/α-hetero) is 2. The van der Waals surface area contributed by atoms with E-state index < -0.39 is 89.2 Å². The zero-order valence-electron chi connectivity index (χ0n) is 21.4. The molecule has 1 aliphatic rings. The minimum Gasteiger partial charge on any atom is -0.398 e. The molecule has 3 rings (SSSR count). The molecule has 22 heavy (non-hydrogen) atoms. The van der Waals surface area contributed by atoms with E-state index in [2.05, 4.69) is 4.98 Å². The van der Waals surface area contributed by atoms with E-state index in [4.69, 9.17) is 19.4 Å². The van der Waals surface area contributed by atoms with Crippen LogP contribution in [0.1, 0.15) is 45.6 Å². The fraction of sp³-hybridized carbons (Fsp3) is 0.375. The van der Waals surface area contributed by atoms with E-state index in [0.29, 0.717) is 0 Å². The highest BCUT2D eigenvalue weighted by Crippen LogP contribution is 2.30. The molecular formula is C16H17N3O3. The van der Waals surface area contributed by atoms with Gasteiger partial charge in [-0.2, -0.15) is 0 Å². The van der Waals surface area contributed by atoms with Gasteiger partial charge in [0.05, 0.1) is 21.4 Å². The van der Waals surface area contributed by atoms with E-state index in [1.54, 1.807) is 0 Å². The van der Waals surface area contributed by atoms with Crippen LogP contribution in [0.2, 0.25) is 0 Å². The second-order valence-electron chi connectivity index (χ2n) is 4.93. The largest absolute Gasteiger partial charge is 0.398 e. The minimum atomic E-state index is -3.40. The van der Waals surface area contributed by atoms with Crippen LogP contribution in [-0.2, 0) is 15.1 Å². The molecule has 1 fully saturated rings. The number of carbonyl (C=O) groups excluding carboxylic acids is 2. The Morgan fingerprint density at radius 2 is 2.23 bits per heavy atom. The van der Waals surface area contributed by atoms with Gasteiger partial charge in [-0.15, -0.1) is 0 Å². The molecule has 6 nitrogen and oxygen atoms in total. The van der Waals surface area contributed by atoms with Crippen molar-refractivity contribution in [2.45, 2.75) is 38.5 Å². The van der Waals surface area contributed by atoms with Crippen LogP contribution in [0.4, 0.5) is 5.69 Å². The van der Waals surface area contributed by atoms with Crippen molar-refractivity contribution in [3.05, 3.63) is 34.3 Å². The summed E-state index contributed by atoms with van der Waals surface area (Å²) in [5.41, 5.74) is 0.240. The molecule has 0 spiro atoms. The van der Waals surface area contributed by atoms with Crippen LogP contribution in [-0.4, -0.2) is 21.1 Å². The molecule has 2 N–H and O–H groups in total. The number of carbonyl (C=O) groups is 2. The first-order chi connectivity index (χ1) is 14.3. The first kappa shape index (κ1) is 6.73. The molecular weight excluding hydrogens is 282 g/mol. The highest BCUT2D eigenvalue weighted by atomic mass is 16.2. The third-order valence-electron chi connectivity index (χ3n) is 3.49. The minimum absolute atomic E-state index is 0.161. The van der Waals surface area contributed by atoms with E-state index in [1.165, 1.54) is 0 Å². The second-order valence-corrected chi connectivity index (χ2v) is 4.93. The lowest BCUT2D eigenvalue weighted by Gasteiger charge is -2.34. The Hall–Kier alpha value is -2.50. The fourth-order valence-corrected chi connectivity index (χ4v) is 2.29. The summed E-state index contributed by atoms with van der Waals surface area (Å²) in [5.74, 6) is -3.78. The molecule has 114 valence electrons. The molecule has 2 aromatic rings. The summed E-state index contributed by atoms with van der Waals surface area (Å²) >= 11 is 0. The summed E-state index contributed by atoms with van der Waals surface area (Å²) in [6, 6.07) is -2.24. The van der Waals surface area contributed by atoms with Crippen molar-refractivity contribution >= 4 is 28.2 Å². The van der Waals surface area contributed by atoms with Crippen LogP contribution < -0.4 is 11.3 Å². The molecule has 1 heterocycles. The number of hydrogen-bond acceptors (Lipinski definition) is 5. The number of rotatable bonds is 1. The summed E-state index contributed by atoms with van der Waals surface area (Å²) < 4.78 is 79.6.